The number of imide groups is 1. The van der Waals surface area contributed by atoms with Crippen LogP contribution in [0, 0.1) is 0 Å². The molecule has 1 aliphatic heterocycles. The summed E-state index contributed by atoms with van der Waals surface area (Å²) in [6.07, 6.45) is 0.355. The van der Waals surface area contributed by atoms with E-state index in [0.29, 0.717) is 23.4 Å². The van der Waals surface area contributed by atoms with Gasteiger partial charge in [-0.05, 0) is 24.1 Å². The van der Waals surface area contributed by atoms with Crippen molar-refractivity contribution in [2.45, 2.75) is 18.9 Å². The number of para-hydroxylation sites is 2. The predicted molar refractivity (Wildman–Crippen MR) is 103 cm³/mol. The number of urea groups is 1. The molecule has 0 radical (unpaired) electrons. The monoisotopic (exact) mass is 382 g/mol. The van der Waals surface area contributed by atoms with E-state index >= 15 is 0 Å². The summed E-state index contributed by atoms with van der Waals surface area (Å²) >= 11 is 0. The molecule has 4 amide bonds. The van der Waals surface area contributed by atoms with E-state index in [-0.39, 0.29) is 6.54 Å². The fraction of sp³-hybridized carbons (Fsp3) is 0.250. The Morgan fingerprint density at radius 1 is 1.11 bits per heavy atom. The molecule has 146 valence electrons. The van der Waals surface area contributed by atoms with Crippen LogP contribution in [-0.4, -0.2) is 36.5 Å². The molecule has 1 heterocycles. The molecule has 0 unspecified atom stereocenters. The van der Waals surface area contributed by atoms with Gasteiger partial charge < -0.3 is 15.4 Å². The van der Waals surface area contributed by atoms with Crippen LogP contribution in [0.2, 0.25) is 0 Å². The Hall–Kier alpha value is -3.55. The van der Waals surface area contributed by atoms with Crippen molar-refractivity contribution in [1.82, 2.24) is 15.8 Å². The first-order valence-corrected chi connectivity index (χ1v) is 8.90. The third-order valence-electron chi connectivity index (χ3n) is 4.67. The SMILES string of the molecule is CC[C@]1(c2ccccc2)NC(=O)N(NC(=O)CNc2ccccc2OC)C1=O. The first kappa shape index (κ1) is 19.2. The standard InChI is InChI=1S/C20H22N4O4/c1-3-20(14-9-5-4-6-10-14)18(26)24(19(27)22-20)23-17(25)13-21-15-11-7-8-12-16(15)28-2/h4-12,21H,3,13H2,1-2H3,(H,22,27)(H,23,25)/t20-/m1/s1. The topological polar surface area (TPSA) is 99.8 Å². The highest BCUT2D eigenvalue weighted by molar-refractivity contribution is 6.08. The Labute approximate surface area is 162 Å². The van der Waals surface area contributed by atoms with Gasteiger partial charge in [-0.3, -0.25) is 15.0 Å². The molecule has 1 fully saturated rings. The quantitative estimate of drug-likeness (QED) is 0.636. The molecular formula is C20H22N4O4. The van der Waals surface area contributed by atoms with Crippen LogP contribution < -0.4 is 20.8 Å². The lowest BCUT2D eigenvalue weighted by Gasteiger charge is -2.25. The molecule has 1 aliphatic rings. The number of methoxy groups -OCH3 is 1. The van der Waals surface area contributed by atoms with Crippen LogP contribution in [-0.2, 0) is 15.1 Å². The maximum Gasteiger partial charge on any atom is 0.344 e. The fourth-order valence-corrected chi connectivity index (χ4v) is 3.17. The summed E-state index contributed by atoms with van der Waals surface area (Å²) in [6.45, 7) is 1.67. The molecule has 28 heavy (non-hydrogen) atoms. The minimum Gasteiger partial charge on any atom is -0.495 e. The van der Waals surface area contributed by atoms with E-state index in [4.69, 9.17) is 4.74 Å². The van der Waals surface area contributed by atoms with Crippen LogP contribution in [0.25, 0.3) is 0 Å². The first-order valence-electron chi connectivity index (χ1n) is 8.90. The number of carbonyl (C=O) groups excluding carboxylic acids is 3. The van der Waals surface area contributed by atoms with Crippen molar-refractivity contribution < 1.29 is 19.1 Å². The normalized spacial score (nSPS) is 18.6. The predicted octanol–water partition coefficient (Wildman–Crippen LogP) is 2.00. The lowest BCUT2D eigenvalue weighted by molar-refractivity contribution is -0.138. The molecule has 2 aromatic rings. The number of nitrogens with zero attached hydrogens (tertiary/aromatic N) is 1. The van der Waals surface area contributed by atoms with Crippen LogP contribution in [0.1, 0.15) is 18.9 Å². The van der Waals surface area contributed by atoms with Crippen LogP contribution in [0.4, 0.5) is 10.5 Å². The van der Waals surface area contributed by atoms with Crippen LogP contribution in [0.3, 0.4) is 0 Å². The molecule has 3 rings (SSSR count). The maximum atomic E-state index is 13.0. The van der Waals surface area contributed by atoms with Gasteiger partial charge in [0.1, 0.15) is 11.3 Å². The highest BCUT2D eigenvalue weighted by Gasteiger charge is 2.52. The molecule has 0 bridgehead atoms. The number of hydrazine groups is 1. The lowest BCUT2D eigenvalue weighted by atomic mass is 9.87. The summed E-state index contributed by atoms with van der Waals surface area (Å²) in [4.78, 5) is 37.7. The zero-order valence-electron chi connectivity index (χ0n) is 15.7. The molecule has 3 N–H and O–H groups in total. The van der Waals surface area contributed by atoms with Gasteiger partial charge in [0.05, 0.1) is 19.3 Å². The fourth-order valence-electron chi connectivity index (χ4n) is 3.17. The zero-order chi connectivity index (χ0) is 20.1. The summed E-state index contributed by atoms with van der Waals surface area (Å²) in [7, 11) is 1.53. The molecule has 0 aromatic heterocycles. The van der Waals surface area contributed by atoms with Gasteiger partial charge in [0.2, 0.25) is 0 Å². The number of amides is 4. The highest BCUT2D eigenvalue weighted by atomic mass is 16.5. The summed E-state index contributed by atoms with van der Waals surface area (Å²) < 4.78 is 5.21. The Bertz CT molecular complexity index is 887. The third kappa shape index (κ3) is 3.48. The van der Waals surface area contributed by atoms with Crippen LogP contribution in [0.5, 0.6) is 5.75 Å². The van der Waals surface area contributed by atoms with Gasteiger partial charge in [-0.15, -0.1) is 0 Å². The van der Waals surface area contributed by atoms with Crippen molar-refractivity contribution in [2.24, 2.45) is 0 Å². The van der Waals surface area contributed by atoms with E-state index in [2.05, 4.69) is 16.1 Å². The first-order chi connectivity index (χ1) is 13.5. The van der Waals surface area contributed by atoms with E-state index in [9.17, 15) is 14.4 Å². The number of benzene rings is 2. The molecule has 2 aromatic carbocycles. The Morgan fingerprint density at radius 3 is 2.46 bits per heavy atom. The minimum absolute atomic E-state index is 0.137. The summed E-state index contributed by atoms with van der Waals surface area (Å²) in [6, 6.07) is 15.4. The van der Waals surface area contributed by atoms with Crippen LogP contribution in [0.15, 0.2) is 54.6 Å². The van der Waals surface area contributed by atoms with Gasteiger partial charge in [0.15, 0.2) is 0 Å². The average Bonchev–Trinajstić information content (AvgIpc) is 2.98. The van der Waals surface area contributed by atoms with E-state index in [1.165, 1.54) is 7.11 Å². The molecule has 0 aliphatic carbocycles. The average molecular weight is 382 g/mol. The molecular weight excluding hydrogens is 360 g/mol. The molecule has 1 saturated heterocycles. The number of hydrogen-bond acceptors (Lipinski definition) is 5. The number of rotatable bonds is 7. The van der Waals surface area contributed by atoms with E-state index in [1.807, 2.05) is 12.1 Å². The number of hydrogen-bond donors (Lipinski definition) is 3. The number of carbonyl (C=O) groups is 3. The van der Waals surface area contributed by atoms with Crippen molar-refractivity contribution in [3.05, 3.63) is 60.2 Å². The zero-order valence-corrected chi connectivity index (χ0v) is 15.7. The molecule has 0 saturated carbocycles. The number of nitrogens with one attached hydrogen (secondary N) is 3. The molecule has 1 atom stereocenters. The highest BCUT2D eigenvalue weighted by Crippen LogP contribution is 2.31. The molecule has 8 nitrogen and oxygen atoms in total. The molecule has 8 heteroatoms. The largest absolute Gasteiger partial charge is 0.495 e. The Balaban J connectivity index is 1.69. The van der Waals surface area contributed by atoms with Crippen molar-refractivity contribution in [3.63, 3.8) is 0 Å². The Kier molecular flexibility index (Phi) is 5.49. The van der Waals surface area contributed by atoms with E-state index < -0.39 is 23.4 Å². The summed E-state index contributed by atoms with van der Waals surface area (Å²) in [5.74, 6) is -0.467. The number of anilines is 1. The Morgan fingerprint density at radius 2 is 1.79 bits per heavy atom. The van der Waals surface area contributed by atoms with Gasteiger partial charge in [-0.25, -0.2) is 4.79 Å². The smallest absolute Gasteiger partial charge is 0.344 e. The summed E-state index contributed by atoms with van der Waals surface area (Å²) in [5, 5.41) is 6.38. The van der Waals surface area contributed by atoms with Gasteiger partial charge in [0.25, 0.3) is 11.8 Å². The van der Waals surface area contributed by atoms with Crippen molar-refractivity contribution in [2.75, 3.05) is 19.0 Å². The third-order valence-corrected chi connectivity index (χ3v) is 4.67. The van der Waals surface area contributed by atoms with Crippen molar-refractivity contribution in [3.8, 4) is 5.75 Å². The van der Waals surface area contributed by atoms with Gasteiger partial charge in [0, 0.05) is 0 Å². The second kappa shape index (κ2) is 7.99. The van der Waals surface area contributed by atoms with Crippen molar-refractivity contribution in [1.29, 1.82) is 0 Å². The molecule has 0 spiro atoms. The number of ether oxygens (including phenoxy) is 1. The maximum absolute atomic E-state index is 13.0. The minimum atomic E-state index is -1.19. The van der Waals surface area contributed by atoms with Gasteiger partial charge in [-0.1, -0.05) is 49.4 Å². The van der Waals surface area contributed by atoms with Crippen LogP contribution >= 0.6 is 0 Å². The van der Waals surface area contributed by atoms with E-state index in [1.54, 1.807) is 49.4 Å². The second-order valence-electron chi connectivity index (χ2n) is 6.28. The lowest BCUT2D eigenvalue weighted by Crippen LogP contribution is -2.50. The van der Waals surface area contributed by atoms with Crippen molar-refractivity contribution >= 4 is 23.5 Å². The second-order valence-corrected chi connectivity index (χ2v) is 6.28. The van der Waals surface area contributed by atoms with Gasteiger partial charge >= 0.3 is 6.03 Å². The van der Waals surface area contributed by atoms with E-state index in [0.717, 1.165) is 5.01 Å². The van der Waals surface area contributed by atoms with Gasteiger partial charge in [-0.2, -0.15) is 5.01 Å². The summed E-state index contributed by atoms with van der Waals surface area (Å²) in [5.41, 5.74) is 2.48.